The van der Waals surface area contributed by atoms with Crippen LogP contribution in [0.4, 0.5) is 0 Å². The van der Waals surface area contributed by atoms with Gasteiger partial charge >= 0.3 is 0 Å². The van der Waals surface area contributed by atoms with Crippen LogP contribution in [0.25, 0.3) is 0 Å². The van der Waals surface area contributed by atoms with Crippen molar-refractivity contribution in [1.82, 2.24) is 15.1 Å². The fourth-order valence-electron chi connectivity index (χ4n) is 3.98. The van der Waals surface area contributed by atoms with Gasteiger partial charge in [0.05, 0.1) is 12.8 Å². The van der Waals surface area contributed by atoms with E-state index in [1.807, 2.05) is 23.7 Å². The largest absolute Gasteiger partial charge is 0.369 e. The summed E-state index contributed by atoms with van der Waals surface area (Å²) in [6, 6.07) is 2.89. The molecule has 1 fully saturated rings. The average molecular weight is 317 g/mol. The zero-order chi connectivity index (χ0) is 15.2. The van der Waals surface area contributed by atoms with Crippen molar-refractivity contribution in [2.45, 2.75) is 51.3 Å². The predicted octanol–water partition coefficient (Wildman–Crippen LogP) is 3.23. The summed E-state index contributed by atoms with van der Waals surface area (Å²) in [6.45, 7) is 7.48. The van der Waals surface area contributed by atoms with Crippen LogP contribution in [0, 0.1) is 6.92 Å². The number of nitrogens with one attached hydrogen (secondary N) is 1. The van der Waals surface area contributed by atoms with Gasteiger partial charge in [0.25, 0.3) is 0 Å². The molecule has 2 aliphatic rings. The summed E-state index contributed by atoms with van der Waals surface area (Å²) in [5.74, 6) is 0. The number of likely N-dealkylation sites (tertiary alicyclic amines) is 1. The van der Waals surface area contributed by atoms with Crippen LogP contribution in [-0.2, 0) is 23.3 Å². The van der Waals surface area contributed by atoms with Crippen molar-refractivity contribution in [2.24, 2.45) is 0 Å². The van der Waals surface area contributed by atoms with Gasteiger partial charge in [0.1, 0.15) is 5.60 Å². The Kier molecular flexibility index (Phi) is 3.59. The SMILES string of the molecule is Cc1cc2c(s1)C1(CCN(Cc3cn[nH]c3)C(C)C1)OCC2. The molecule has 5 heteroatoms. The Balaban J connectivity index is 1.55. The molecular weight excluding hydrogens is 294 g/mol. The second-order valence-corrected chi connectivity index (χ2v) is 7.94. The molecule has 4 nitrogen and oxygen atoms in total. The summed E-state index contributed by atoms with van der Waals surface area (Å²) >= 11 is 1.95. The Morgan fingerprint density at radius 2 is 2.45 bits per heavy atom. The van der Waals surface area contributed by atoms with Gasteiger partial charge in [-0.25, -0.2) is 0 Å². The lowest BCUT2D eigenvalue weighted by Crippen LogP contribution is -2.49. The highest BCUT2D eigenvalue weighted by atomic mass is 32.1. The minimum absolute atomic E-state index is 0.0289. The van der Waals surface area contributed by atoms with E-state index in [-0.39, 0.29) is 5.60 Å². The van der Waals surface area contributed by atoms with Crippen molar-refractivity contribution in [3.63, 3.8) is 0 Å². The predicted molar refractivity (Wildman–Crippen MR) is 88.1 cm³/mol. The molecule has 4 rings (SSSR count). The summed E-state index contributed by atoms with van der Waals surface area (Å²) < 4.78 is 6.37. The molecular formula is C17H23N3OS. The van der Waals surface area contributed by atoms with Crippen LogP contribution < -0.4 is 0 Å². The third-order valence-electron chi connectivity index (χ3n) is 5.09. The summed E-state index contributed by atoms with van der Waals surface area (Å²) in [6.07, 6.45) is 7.19. The van der Waals surface area contributed by atoms with Crippen molar-refractivity contribution in [3.05, 3.63) is 39.3 Å². The van der Waals surface area contributed by atoms with Gasteiger partial charge in [0.2, 0.25) is 0 Å². The van der Waals surface area contributed by atoms with E-state index in [0.29, 0.717) is 6.04 Å². The molecule has 0 aromatic carbocycles. The zero-order valence-electron chi connectivity index (χ0n) is 13.3. The van der Waals surface area contributed by atoms with Crippen LogP contribution in [0.3, 0.4) is 0 Å². The van der Waals surface area contributed by atoms with Gasteiger partial charge < -0.3 is 4.74 Å². The average Bonchev–Trinajstić information content (AvgIpc) is 3.12. The first-order chi connectivity index (χ1) is 10.7. The second kappa shape index (κ2) is 5.48. The number of hydrogen-bond acceptors (Lipinski definition) is 4. The number of hydrogen-bond donors (Lipinski definition) is 1. The molecule has 1 saturated heterocycles. The first-order valence-corrected chi connectivity index (χ1v) is 8.93. The number of nitrogens with zero attached hydrogens (tertiary/aromatic N) is 2. The summed E-state index contributed by atoms with van der Waals surface area (Å²) in [5.41, 5.74) is 2.77. The lowest BCUT2D eigenvalue weighted by atomic mass is 9.82. The molecule has 0 saturated carbocycles. The molecule has 1 spiro atoms. The van der Waals surface area contributed by atoms with E-state index in [1.165, 1.54) is 20.9 Å². The van der Waals surface area contributed by atoms with Gasteiger partial charge in [-0.3, -0.25) is 10.00 Å². The van der Waals surface area contributed by atoms with Gasteiger partial charge in [-0.05, 0) is 44.7 Å². The van der Waals surface area contributed by atoms with E-state index in [2.05, 4.69) is 35.0 Å². The van der Waals surface area contributed by atoms with Crippen LogP contribution >= 0.6 is 11.3 Å². The highest BCUT2D eigenvalue weighted by molar-refractivity contribution is 7.12. The van der Waals surface area contributed by atoms with Crippen LogP contribution in [0.2, 0.25) is 0 Å². The zero-order valence-corrected chi connectivity index (χ0v) is 14.1. The fraction of sp³-hybridized carbons (Fsp3) is 0.588. The van der Waals surface area contributed by atoms with Gasteiger partial charge in [-0.1, -0.05) is 0 Å². The summed E-state index contributed by atoms with van der Waals surface area (Å²) in [4.78, 5) is 5.48. The number of aromatic nitrogens is 2. The maximum absolute atomic E-state index is 6.37. The summed E-state index contributed by atoms with van der Waals surface area (Å²) in [7, 11) is 0. The van der Waals surface area contributed by atoms with Crippen LogP contribution in [0.1, 0.15) is 40.6 Å². The number of fused-ring (bicyclic) bond motifs is 2. The van der Waals surface area contributed by atoms with Gasteiger partial charge in [-0.2, -0.15) is 5.10 Å². The topological polar surface area (TPSA) is 41.2 Å². The third-order valence-corrected chi connectivity index (χ3v) is 6.37. The number of piperidine rings is 1. The van der Waals surface area contributed by atoms with Crippen LogP contribution in [0.5, 0.6) is 0 Å². The van der Waals surface area contributed by atoms with E-state index >= 15 is 0 Å². The Morgan fingerprint density at radius 3 is 3.23 bits per heavy atom. The third kappa shape index (κ3) is 2.41. The molecule has 2 atom stereocenters. The molecule has 2 aromatic rings. The summed E-state index contributed by atoms with van der Waals surface area (Å²) in [5, 5.41) is 6.96. The lowest BCUT2D eigenvalue weighted by molar-refractivity contribution is -0.110. The van der Waals surface area contributed by atoms with E-state index in [1.54, 1.807) is 0 Å². The van der Waals surface area contributed by atoms with Crippen LogP contribution in [-0.4, -0.2) is 34.3 Å². The Bertz CT molecular complexity index is 651. The highest BCUT2D eigenvalue weighted by Gasteiger charge is 2.44. The first kappa shape index (κ1) is 14.4. The molecule has 0 amide bonds. The molecule has 22 heavy (non-hydrogen) atoms. The number of aromatic amines is 1. The molecule has 0 radical (unpaired) electrons. The minimum Gasteiger partial charge on any atom is -0.369 e. The monoisotopic (exact) mass is 317 g/mol. The maximum Gasteiger partial charge on any atom is 0.105 e. The second-order valence-electron chi connectivity index (χ2n) is 6.68. The van der Waals surface area contributed by atoms with Crippen molar-refractivity contribution in [1.29, 1.82) is 0 Å². The first-order valence-electron chi connectivity index (χ1n) is 8.12. The Labute approximate surface area is 135 Å². The minimum atomic E-state index is -0.0289. The molecule has 0 bridgehead atoms. The highest BCUT2D eigenvalue weighted by Crippen LogP contribution is 2.46. The van der Waals surface area contributed by atoms with Gasteiger partial charge in [0, 0.05) is 40.6 Å². The van der Waals surface area contributed by atoms with Crippen molar-refractivity contribution < 1.29 is 4.74 Å². The number of rotatable bonds is 2. The Morgan fingerprint density at radius 1 is 1.55 bits per heavy atom. The number of ether oxygens (including phenoxy) is 1. The molecule has 118 valence electrons. The fourth-order valence-corrected chi connectivity index (χ4v) is 5.23. The number of H-pyrrole nitrogens is 1. The molecule has 2 aliphatic heterocycles. The van der Waals surface area contributed by atoms with E-state index in [0.717, 1.165) is 39.0 Å². The number of thiophene rings is 1. The van der Waals surface area contributed by atoms with Crippen LogP contribution in [0.15, 0.2) is 18.5 Å². The molecule has 0 aliphatic carbocycles. The van der Waals surface area contributed by atoms with Crippen molar-refractivity contribution in [2.75, 3.05) is 13.2 Å². The maximum atomic E-state index is 6.37. The van der Waals surface area contributed by atoms with E-state index in [4.69, 9.17) is 4.74 Å². The Hall–Kier alpha value is -1.17. The molecule has 4 heterocycles. The van der Waals surface area contributed by atoms with E-state index in [9.17, 15) is 0 Å². The molecule has 1 N–H and O–H groups in total. The van der Waals surface area contributed by atoms with Gasteiger partial charge in [0.15, 0.2) is 0 Å². The lowest BCUT2D eigenvalue weighted by Gasteiger charge is -2.47. The van der Waals surface area contributed by atoms with Crippen molar-refractivity contribution in [3.8, 4) is 0 Å². The quantitative estimate of drug-likeness (QED) is 0.924. The number of aryl methyl sites for hydroxylation is 1. The molecule has 2 unspecified atom stereocenters. The standard InChI is InChI=1S/C17H23N3OS/c1-12-8-17(4-5-20(12)11-14-9-18-19-10-14)16-15(3-6-21-17)7-13(2)22-16/h7,9-10,12H,3-6,8,11H2,1-2H3,(H,18,19). The van der Waals surface area contributed by atoms with E-state index < -0.39 is 0 Å². The van der Waals surface area contributed by atoms with Gasteiger partial charge in [-0.15, -0.1) is 11.3 Å². The smallest absolute Gasteiger partial charge is 0.105 e. The van der Waals surface area contributed by atoms with Crippen molar-refractivity contribution >= 4 is 11.3 Å². The molecule has 2 aromatic heterocycles. The normalized spacial score (nSPS) is 28.9.